The Morgan fingerprint density at radius 3 is 2.73 bits per heavy atom. The molecule has 2 nitrogen and oxygen atoms in total. The third-order valence-electron chi connectivity index (χ3n) is 3.29. The summed E-state index contributed by atoms with van der Waals surface area (Å²) >= 11 is 3.31. The minimum atomic E-state index is 0.518. The Morgan fingerprint density at radius 2 is 2.13 bits per heavy atom. The lowest BCUT2D eigenvalue weighted by atomic mass is 9.89. The van der Waals surface area contributed by atoms with Crippen molar-refractivity contribution < 1.29 is 4.42 Å². The minimum Gasteiger partial charge on any atom is -0.453 e. The standard InChI is InChI=1S/C12H18BrNO/c1-12(6-2-3-7-12)9-14-8-10-4-5-11(13)15-10/h4-5,14H,2-3,6-9H2,1H3. The molecule has 1 aliphatic rings. The van der Waals surface area contributed by atoms with Crippen molar-refractivity contribution in [2.45, 2.75) is 39.2 Å². The van der Waals surface area contributed by atoms with Gasteiger partial charge in [0.1, 0.15) is 5.76 Å². The quantitative estimate of drug-likeness (QED) is 0.903. The number of nitrogens with one attached hydrogen (secondary N) is 1. The highest BCUT2D eigenvalue weighted by molar-refractivity contribution is 9.10. The molecule has 0 aromatic carbocycles. The molecule has 84 valence electrons. The van der Waals surface area contributed by atoms with Gasteiger partial charge in [0.2, 0.25) is 0 Å². The van der Waals surface area contributed by atoms with Crippen molar-refractivity contribution in [2.24, 2.45) is 5.41 Å². The zero-order valence-electron chi connectivity index (χ0n) is 9.18. The van der Waals surface area contributed by atoms with E-state index in [1.54, 1.807) is 0 Å². The van der Waals surface area contributed by atoms with Crippen LogP contribution in [0.4, 0.5) is 0 Å². The third-order valence-corrected chi connectivity index (χ3v) is 3.72. The second kappa shape index (κ2) is 4.71. The molecule has 1 saturated carbocycles. The summed E-state index contributed by atoms with van der Waals surface area (Å²) in [5.74, 6) is 1.00. The summed E-state index contributed by atoms with van der Waals surface area (Å²) in [5, 5.41) is 3.48. The first-order chi connectivity index (χ1) is 7.18. The van der Waals surface area contributed by atoms with Gasteiger partial charge in [0.25, 0.3) is 0 Å². The lowest BCUT2D eigenvalue weighted by molar-refractivity contribution is 0.308. The second-order valence-corrected chi connectivity index (χ2v) is 5.61. The van der Waals surface area contributed by atoms with Crippen molar-refractivity contribution in [3.63, 3.8) is 0 Å². The SMILES string of the molecule is CC1(CNCc2ccc(Br)o2)CCCC1. The molecule has 1 heterocycles. The average Bonchev–Trinajstić information content (AvgIpc) is 2.76. The van der Waals surface area contributed by atoms with E-state index in [2.05, 4.69) is 28.2 Å². The smallest absolute Gasteiger partial charge is 0.169 e. The van der Waals surface area contributed by atoms with Crippen molar-refractivity contribution in [1.29, 1.82) is 0 Å². The van der Waals surface area contributed by atoms with Crippen molar-refractivity contribution in [3.8, 4) is 0 Å². The largest absolute Gasteiger partial charge is 0.453 e. The topological polar surface area (TPSA) is 25.2 Å². The highest BCUT2D eigenvalue weighted by Crippen LogP contribution is 2.36. The predicted octanol–water partition coefficient (Wildman–Crippen LogP) is 3.71. The summed E-state index contributed by atoms with van der Waals surface area (Å²) < 4.78 is 6.25. The van der Waals surface area contributed by atoms with Crippen molar-refractivity contribution in [1.82, 2.24) is 5.32 Å². The van der Waals surface area contributed by atoms with Crippen molar-refractivity contribution >= 4 is 15.9 Å². The molecule has 1 aromatic heterocycles. The molecule has 1 N–H and O–H groups in total. The van der Waals surface area contributed by atoms with Crippen LogP contribution in [-0.4, -0.2) is 6.54 Å². The normalized spacial score (nSPS) is 19.6. The van der Waals surface area contributed by atoms with Crippen LogP contribution in [0.1, 0.15) is 38.4 Å². The predicted molar refractivity (Wildman–Crippen MR) is 64.7 cm³/mol. The van der Waals surface area contributed by atoms with Gasteiger partial charge in [-0.1, -0.05) is 19.8 Å². The van der Waals surface area contributed by atoms with Crippen LogP contribution in [0.25, 0.3) is 0 Å². The molecule has 0 radical (unpaired) electrons. The first-order valence-electron chi connectivity index (χ1n) is 5.63. The molecular weight excluding hydrogens is 254 g/mol. The molecule has 0 saturated heterocycles. The molecule has 3 heteroatoms. The van der Waals surface area contributed by atoms with E-state index in [1.807, 2.05) is 12.1 Å². The molecule has 1 aliphatic carbocycles. The molecule has 15 heavy (non-hydrogen) atoms. The molecule has 0 aliphatic heterocycles. The summed E-state index contributed by atoms with van der Waals surface area (Å²) in [7, 11) is 0. The number of hydrogen-bond acceptors (Lipinski definition) is 2. The Labute approximate surface area is 99.6 Å². The summed E-state index contributed by atoms with van der Waals surface area (Å²) in [4.78, 5) is 0. The molecule has 2 rings (SSSR count). The first-order valence-corrected chi connectivity index (χ1v) is 6.42. The molecule has 1 aromatic rings. The van der Waals surface area contributed by atoms with Crippen molar-refractivity contribution in [2.75, 3.05) is 6.54 Å². The van der Waals surface area contributed by atoms with Gasteiger partial charge in [-0.05, 0) is 46.3 Å². The molecule has 0 amide bonds. The van der Waals surface area contributed by atoms with Gasteiger partial charge in [-0.15, -0.1) is 0 Å². The monoisotopic (exact) mass is 271 g/mol. The lowest BCUT2D eigenvalue weighted by Crippen LogP contribution is -2.28. The summed E-state index contributed by atoms with van der Waals surface area (Å²) in [6, 6.07) is 3.95. The van der Waals surface area contributed by atoms with Crippen LogP contribution in [-0.2, 0) is 6.54 Å². The van der Waals surface area contributed by atoms with Crippen LogP contribution in [0.15, 0.2) is 21.2 Å². The van der Waals surface area contributed by atoms with E-state index in [0.29, 0.717) is 5.41 Å². The van der Waals surface area contributed by atoms with Crippen LogP contribution in [0, 0.1) is 5.41 Å². The molecule has 0 bridgehead atoms. The van der Waals surface area contributed by atoms with E-state index >= 15 is 0 Å². The average molecular weight is 272 g/mol. The molecule has 1 fully saturated rings. The lowest BCUT2D eigenvalue weighted by Gasteiger charge is -2.23. The summed E-state index contributed by atoms with van der Waals surface area (Å²) in [6.45, 7) is 4.32. The van der Waals surface area contributed by atoms with Gasteiger partial charge in [-0.25, -0.2) is 0 Å². The second-order valence-electron chi connectivity index (χ2n) is 4.83. The Kier molecular flexibility index (Phi) is 3.52. The van der Waals surface area contributed by atoms with E-state index in [1.165, 1.54) is 25.7 Å². The minimum absolute atomic E-state index is 0.518. The van der Waals surface area contributed by atoms with Gasteiger partial charge in [0.15, 0.2) is 4.67 Å². The fourth-order valence-corrected chi connectivity index (χ4v) is 2.68. The van der Waals surface area contributed by atoms with Gasteiger partial charge < -0.3 is 9.73 Å². The van der Waals surface area contributed by atoms with E-state index in [-0.39, 0.29) is 0 Å². The maximum atomic E-state index is 5.44. The zero-order chi connectivity index (χ0) is 10.7. The first kappa shape index (κ1) is 11.2. The molecule has 0 unspecified atom stereocenters. The van der Waals surface area contributed by atoms with Crippen LogP contribution in [0.3, 0.4) is 0 Å². The summed E-state index contributed by atoms with van der Waals surface area (Å²) in [5.41, 5.74) is 0.518. The van der Waals surface area contributed by atoms with Gasteiger partial charge >= 0.3 is 0 Å². The molecule has 0 atom stereocenters. The van der Waals surface area contributed by atoms with Crippen LogP contribution >= 0.6 is 15.9 Å². The fourth-order valence-electron chi connectivity index (χ4n) is 2.34. The number of hydrogen-bond donors (Lipinski definition) is 1. The van der Waals surface area contributed by atoms with E-state index in [9.17, 15) is 0 Å². The zero-order valence-corrected chi connectivity index (χ0v) is 10.8. The van der Waals surface area contributed by atoms with E-state index < -0.39 is 0 Å². The molecular formula is C12H18BrNO. The molecule has 0 spiro atoms. The van der Waals surface area contributed by atoms with Crippen LogP contribution in [0.5, 0.6) is 0 Å². The maximum absolute atomic E-state index is 5.44. The van der Waals surface area contributed by atoms with E-state index in [4.69, 9.17) is 4.42 Å². The van der Waals surface area contributed by atoms with Gasteiger partial charge in [0.05, 0.1) is 6.54 Å². The van der Waals surface area contributed by atoms with Crippen LogP contribution < -0.4 is 5.32 Å². The number of rotatable bonds is 4. The van der Waals surface area contributed by atoms with Crippen LogP contribution in [0.2, 0.25) is 0 Å². The third kappa shape index (κ3) is 3.08. The summed E-state index contributed by atoms with van der Waals surface area (Å²) in [6.07, 6.45) is 5.51. The van der Waals surface area contributed by atoms with Crippen molar-refractivity contribution in [3.05, 3.63) is 22.6 Å². The Hall–Kier alpha value is -0.280. The van der Waals surface area contributed by atoms with Gasteiger partial charge in [-0.2, -0.15) is 0 Å². The Morgan fingerprint density at radius 1 is 1.40 bits per heavy atom. The maximum Gasteiger partial charge on any atom is 0.169 e. The number of halogens is 1. The Bertz CT molecular complexity index is 315. The Balaban J connectivity index is 1.75. The highest BCUT2D eigenvalue weighted by atomic mass is 79.9. The van der Waals surface area contributed by atoms with E-state index in [0.717, 1.165) is 23.5 Å². The fraction of sp³-hybridized carbons (Fsp3) is 0.667. The highest BCUT2D eigenvalue weighted by Gasteiger charge is 2.27. The van der Waals surface area contributed by atoms with Gasteiger partial charge in [0, 0.05) is 6.54 Å². The number of furan rings is 1. The van der Waals surface area contributed by atoms with Gasteiger partial charge in [-0.3, -0.25) is 0 Å².